The van der Waals surface area contributed by atoms with Crippen LogP contribution >= 0.6 is 0 Å². The highest BCUT2D eigenvalue weighted by Gasteiger charge is 2.29. The van der Waals surface area contributed by atoms with Crippen molar-refractivity contribution >= 4 is 5.82 Å². The Bertz CT molecular complexity index is 446. The van der Waals surface area contributed by atoms with Crippen LogP contribution in [0.3, 0.4) is 0 Å². The van der Waals surface area contributed by atoms with Crippen LogP contribution in [0.25, 0.3) is 0 Å². The van der Waals surface area contributed by atoms with E-state index in [1.54, 1.807) is 0 Å². The average Bonchev–Trinajstić information content (AvgIpc) is 3.05. The number of hydrogen-bond acceptors (Lipinski definition) is 4. The minimum atomic E-state index is 0.603. The summed E-state index contributed by atoms with van der Waals surface area (Å²) in [7, 11) is 0. The van der Waals surface area contributed by atoms with E-state index in [-0.39, 0.29) is 0 Å². The minimum absolute atomic E-state index is 0.603. The van der Waals surface area contributed by atoms with E-state index in [9.17, 15) is 0 Å². The molecule has 3 heterocycles. The molecule has 3 rings (SSSR count). The van der Waals surface area contributed by atoms with Gasteiger partial charge in [-0.15, -0.1) is 0 Å². The van der Waals surface area contributed by atoms with Gasteiger partial charge in [0.1, 0.15) is 5.82 Å². The van der Waals surface area contributed by atoms with E-state index in [0.29, 0.717) is 6.54 Å². The van der Waals surface area contributed by atoms with Gasteiger partial charge in [0.25, 0.3) is 0 Å². The first-order chi connectivity index (χ1) is 10.3. The van der Waals surface area contributed by atoms with Gasteiger partial charge in [-0.25, -0.2) is 4.98 Å². The molecule has 4 nitrogen and oxygen atoms in total. The number of hydrogen-bond donors (Lipinski definition) is 1. The van der Waals surface area contributed by atoms with Gasteiger partial charge in [-0.2, -0.15) is 0 Å². The number of aryl methyl sites for hydroxylation is 1. The SMILES string of the molecule is CCc1cc(CN)cc(N2CCC(N3CCCCC3)C2)n1. The Morgan fingerprint density at radius 3 is 2.71 bits per heavy atom. The van der Waals surface area contributed by atoms with Crippen LogP contribution < -0.4 is 10.6 Å². The summed E-state index contributed by atoms with van der Waals surface area (Å²) in [6.07, 6.45) is 6.40. The van der Waals surface area contributed by atoms with E-state index < -0.39 is 0 Å². The highest BCUT2D eigenvalue weighted by atomic mass is 15.3. The van der Waals surface area contributed by atoms with Crippen molar-refractivity contribution in [1.82, 2.24) is 9.88 Å². The summed E-state index contributed by atoms with van der Waals surface area (Å²) in [5, 5.41) is 0. The largest absolute Gasteiger partial charge is 0.355 e. The molecule has 2 N–H and O–H groups in total. The zero-order chi connectivity index (χ0) is 14.7. The molecule has 2 aliphatic rings. The van der Waals surface area contributed by atoms with Gasteiger partial charge < -0.3 is 10.6 Å². The zero-order valence-corrected chi connectivity index (χ0v) is 13.2. The van der Waals surface area contributed by atoms with Crippen molar-refractivity contribution in [3.63, 3.8) is 0 Å². The number of nitrogens with two attached hydrogens (primary N) is 1. The summed E-state index contributed by atoms with van der Waals surface area (Å²) in [5.74, 6) is 1.13. The van der Waals surface area contributed by atoms with Gasteiger partial charge >= 0.3 is 0 Å². The topological polar surface area (TPSA) is 45.4 Å². The van der Waals surface area contributed by atoms with Crippen molar-refractivity contribution in [3.05, 3.63) is 23.4 Å². The third-order valence-corrected chi connectivity index (χ3v) is 4.92. The van der Waals surface area contributed by atoms with Gasteiger partial charge in [-0.3, -0.25) is 4.90 Å². The third-order valence-electron chi connectivity index (χ3n) is 4.92. The number of nitrogens with zero attached hydrogens (tertiary/aromatic N) is 3. The summed E-state index contributed by atoms with van der Waals surface area (Å²) in [4.78, 5) is 9.96. The number of likely N-dealkylation sites (tertiary alicyclic amines) is 1. The highest BCUT2D eigenvalue weighted by Crippen LogP contribution is 2.25. The van der Waals surface area contributed by atoms with Crippen LogP contribution in [-0.4, -0.2) is 42.1 Å². The molecule has 21 heavy (non-hydrogen) atoms. The number of aromatic nitrogens is 1. The zero-order valence-electron chi connectivity index (χ0n) is 13.2. The molecule has 116 valence electrons. The van der Waals surface area contributed by atoms with E-state index in [2.05, 4.69) is 28.9 Å². The van der Waals surface area contributed by atoms with E-state index in [1.165, 1.54) is 44.3 Å². The quantitative estimate of drug-likeness (QED) is 0.922. The Morgan fingerprint density at radius 2 is 2.00 bits per heavy atom. The third kappa shape index (κ3) is 3.38. The van der Waals surface area contributed by atoms with Crippen molar-refractivity contribution in [2.75, 3.05) is 31.1 Å². The second-order valence-electron chi connectivity index (χ2n) is 6.37. The molecule has 2 aliphatic heterocycles. The molecule has 1 unspecified atom stereocenters. The summed E-state index contributed by atoms with van der Waals surface area (Å²) in [6, 6.07) is 5.04. The molecule has 0 saturated carbocycles. The maximum Gasteiger partial charge on any atom is 0.129 e. The molecule has 0 amide bonds. The first-order valence-corrected chi connectivity index (χ1v) is 8.49. The van der Waals surface area contributed by atoms with Crippen LogP contribution in [0.1, 0.15) is 43.9 Å². The minimum Gasteiger partial charge on any atom is -0.355 e. The van der Waals surface area contributed by atoms with E-state index in [4.69, 9.17) is 10.7 Å². The van der Waals surface area contributed by atoms with Crippen LogP contribution in [0.15, 0.2) is 12.1 Å². The van der Waals surface area contributed by atoms with E-state index in [1.807, 2.05) is 0 Å². The van der Waals surface area contributed by atoms with Gasteiger partial charge in [0.2, 0.25) is 0 Å². The lowest BCUT2D eigenvalue weighted by atomic mass is 10.1. The lowest BCUT2D eigenvalue weighted by molar-refractivity contribution is 0.175. The van der Waals surface area contributed by atoms with Crippen molar-refractivity contribution in [2.45, 2.75) is 51.6 Å². The maximum absolute atomic E-state index is 5.83. The highest BCUT2D eigenvalue weighted by molar-refractivity contribution is 5.44. The lowest BCUT2D eigenvalue weighted by Gasteiger charge is -2.32. The smallest absolute Gasteiger partial charge is 0.129 e. The summed E-state index contributed by atoms with van der Waals surface area (Å²) in [5.41, 5.74) is 8.20. The predicted octanol–water partition coefficient (Wildman–Crippen LogP) is 2.17. The Hall–Kier alpha value is -1.13. The number of anilines is 1. The van der Waals surface area contributed by atoms with Gasteiger partial charge in [0.15, 0.2) is 0 Å². The van der Waals surface area contributed by atoms with Gasteiger partial charge in [-0.05, 0) is 56.5 Å². The summed E-state index contributed by atoms with van der Waals surface area (Å²) >= 11 is 0. The van der Waals surface area contributed by atoms with Crippen molar-refractivity contribution < 1.29 is 0 Å². The second kappa shape index (κ2) is 6.75. The average molecular weight is 288 g/mol. The van der Waals surface area contributed by atoms with Crippen LogP contribution in [0, 0.1) is 0 Å². The fraction of sp³-hybridized carbons (Fsp3) is 0.706. The standard InChI is InChI=1S/C17H28N4/c1-2-15-10-14(12-18)11-17(19-15)21-9-6-16(13-21)20-7-4-3-5-8-20/h10-11,16H,2-9,12-13,18H2,1H3. The number of piperidine rings is 1. The van der Waals surface area contributed by atoms with E-state index in [0.717, 1.165) is 37.1 Å². The van der Waals surface area contributed by atoms with Gasteiger partial charge in [-0.1, -0.05) is 13.3 Å². The summed E-state index contributed by atoms with van der Waals surface area (Å²) < 4.78 is 0. The van der Waals surface area contributed by atoms with Crippen LogP contribution in [0.4, 0.5) is 5.82 Å². The molecule has 1 aromatic rings. The molecule has 1 aromatic heterocycles. The number of rotatable bonds is 4. The molecule has 0 spiro atoms. The first kappa shape index (κ1) is 14.8. The van der Waals surface area contributed by atoms with Crippen LogP contribution in [-0.2, 0) is 13.0 Å². The molecule has 0 bridgehead atoms. The lowest BCUT2D eigenvalue weighted by Crippen LogP contribution is -2.41. The van der Waals surface area contributed by atoms with Crippen molar-refractivity contribution in [2.24, 2.45) is 5.73 Å². The fourth-order valence-electron chi connectivity index (χ4n) is 3.63. The molecular formula is C17H28N4. The maximum atomic E-state index is 5.83. The number of pyridine rings is 1. The van der Waals surface area contributed by atoms with Gasteiger partial charge in [0, 0.05) is 31.4 Å². The van der Waals surface area contributed by atoms with Crippen molar-refractivity contribution in [3.8, 4) is 0 Å². The Kier molecular flexibility index (Phi) is 4.76. The monoisotopic (exact) mass is 288 g/mol. The molecule has 2 saturated heterocycles. The molecule has 0 aromatic carbocycles. The molecule has 4 heteroatoms. The first-order valence-electron chi connectivity index (χ1n) is 8.49. The second-order valence-corrected chi connectivity index (χ2v) is 6.37. The van der Waals surface area contributed by atoms with E-state index >= 15 is 0 Å². The predicted molar refractivity (Wildman–Crippen MR) is 87.5 cm³/mol. The van der Waals surface area contributed by atoms with Gasteiger partial charge in [0.05, 0.1) is 0 Å². The van der Waals surface area contributed by atoms with Crippen LogP contribution in [0.2, 0.25) is 0 Å². The summed E-state index contributed by atoms with van der Waals surface area (Å²) in [6.45, 7) is 7.60. The van der Waals surface area contributed by atoms with Crippen LogP contribution in [0.5, 0.6) is 0 Å². The van der Waals surface area contributed by atoms with Crippen molar-refractivity contribution in [1.29, 1.82) is 0 Å². The fourth-order valence-corrected chi connectivity index (χ4v) is 3.63. The normalized spacial score (nSPS) is 23.7. The Labute approximate surface area is 128 Å². The molecule has 0 radical (unpaired) electrons. The molecular weight excluding hydrogens is 260 g/mol. The Morgan fingerprint density at radius 1 is 1.19 bits per heavy atom. The molecule has 0 aliphatic carbocycles. The Balaban J connectivity index is 1.70. The molecule has 1 atom stereocenters. The molecule has 2 fully saturated rings.